The van der Waals surface area contributed by atoms with Crippen molar-refractivity contribution in [3.63, 3.8) is 0 Å². The van der Waals surface area contributed by atoms with E-state index >= 15 is 0 Å². The van der Waals surface area contributed by atoms with Gasteiger partial charge in [0.25, 0.3) is 0 Å². The normalized spacial score (nSPS) is 12.8. The van der Waals surface area contributed by atoms with Crippen molar-refractivity contribution < 1.29 is 0 Å². The summed E-state index contributed by atoms with van der Waals surface area (Å²) in [6.07, 6.45) is 0. The Balaban J connectivity index is 0.000000108. The average Bonchev–Trinajstić information content (AvgIpc) is 1.54. The van der Waals surface area contributed by atoms with E-state index in [-0.39, 0.29) is 10.8 Å². The van der Waals surface area contributed by atoms with Gasteiger partial charge in [-0.25, -0.2) is 24.9 Å². The molecule has 0 spiro atoms. The first-order chi connectivity index (χ1) is 67.4. The largest absolute Gasteiger partial charge is 0.309 e. The van der Waals surface area contributed by atoms with E-state index in [0.29, 0.717) is 29.4 Å². The Kier molecular flexibility index (Phi) is 19.1. The Morgan fingerprint density at radius 3 is 1.20 bits per heavy atom. The summed E-state index contributed by atoms with van der Waals surface area (Å²) in [5.74, 6) is 3.29. The van der Waals surface area contributed by atoms with Gasteiger partial charge in [0.05, 0.1) is 55.9 Å². The molecule has 26 aromatic rings. The second kappa shape index (κ2) is 32.4. The van der Waals surface area contributed by atoms with Crippen molar-refractivity contribution in [1.82, 2.24) is 48.6 Å². The molecule has 10 nitrogen and oxygen atoms in total. The van der Waals surface area contributed by atoms with Crippen LogP contribution in [0.25, 0.3) is 236 Å². The molecule has 2 aliphatic carbocycles. The SMILES string of the molecule is CC1(C)c2cc(-c3cccc4c3sc3ccccc34)ccc2-c2cc3c(cc21)c1ccccc1n3-c1nc(-c2ccccc2)nc(-c2ccccc2)n1.CC1(C)c2ccccc2-c2ccc3c4ccccc4n(-c4ccc(-c5nc(-c6ccccc6)cc(-c6ccccc6)n5)cc4)c3c21.c1ccc(-c2cc(-c3ccccc3)nc(-n3c4ccccc4c4c5sc6ccccc6c5ccc43)n2)cc1. The fourth-order valence-corrected chi connectivity index (χ4v) is 23.9. The van der Waals surface area contributed by atoms with E-state index < -0.39 is 0 Å². The molecule has 0 fully saturated rings. The molecule has 646 valence electrons. The summed E-state index contributed by atoms with van der Waals surface area (Å²) in [7, 11) is 0. The highest BCUT2D eigenvalue weighted by atomic mass is 32.1. The molecule has 8 heterocycles. The van der Waals surface area contributed by atoms with E-state index in [1.165, 1.54) is 139 Å². The van der Waals surface area contributed by atoms with Gasteiger partial charge in [-0.3, -0.25) is 9.13 Å². The molecule has 0 aliphatic heterocycles. The Bertz CT molecular complexity index is 9150. The molecule has 0 N–H and O–H groups in total. The van der Waals surface area contributed by atoms with Gasteiger partial charge in [-0.2, -0.15) is 9.97 Å². The van der Waals surface area contributed by atoms with Gasteiger partial charge in [0.15, 0.2) is 17.5 Å². The van der Waals surface area contributed by atoms with Crippen LogP contribution in [0.3, 0.4) is 0 Å². The summed E-state index contributed by atoms with van der Waals surface area (Å²) in [5, 5.41) is 12.6. The zero-order valence-corrected chi connectivity index (χ0v) is 77.0. The van der Waals surface area contributed by atoms with Crippen LogP contribution in [0, 0.1) is 0 Å². The maximum atomic E-state index is 5.17. The quantitative estimate of drug-likeness (QED) is 0.127. The summed E-state index contributed by atoms with van der Waals surface area (Å²) in [4.78, 5) is 35.7. The molecule has 0 atom stereocenters. The first kappa shape index (κ1) is 80.8. The maximum Gasteiger partial charge on any atom is 0.238 e. The van der Waals surface area contributed by atoms with Crippen molar-refractivity contribution in [3.05, 3.63) is 459 Å². The van der Waals surface area contributed by atoms with Crippen LogP contribution < -0.4 is 0 Å². The van der Waals surface area contributed by atoms with E-state index in [1.807, 2.05) is 83.3 Å². The zero-order valence-electron chi connectivity index (χ0n) is 75.4. The number of rotatable bonds is 11. The molecular formula is C125H84N10S2. The monoisotopic (exact) mass is 1790 g/mol. The highest BCUT2D eigenvalue weighted by molar-refractivity contribution is 7.27. The summed E-state index contributed by atoms with van der Waals surface area (Å²) in [6.45, 7) is 9.47. The van der Waals surface area contributed by atoms with Gasteiger partial charge in [-0.1, -0.05) is 373 Å². The molecule has 18 aromatic carbocycles. The predicted molar refractivity (Wildman–Crippen MR) is 571 cm³/mol. The van der Waals surface area contributed by atoms with Gasteiger partial charge in [0.2, 0.25) is 11.9 Å². The zero-order chi connectivity index (χ0) is 91.1. The van der Waals surface area contributed by atoms with Crippen LogP contribution in [-0.4, -0.2) is 48.6 Å². The molecule has 0 unspecified atom stereocenters. The highest BCUT2D eigenvalue weighted by Crippen LogP contribution is 2.56. The topological polar surface area (TPSA) is 105 Å². The van der Waals surface area contributed by atoms with E-state index in [9.17, 15) is 0 Å². The first-order valence-corrected chi connectivity index (χ1v) is 48.2. The molecule has 28 rings (SSSR count). The molecule has 0 amide bonds. The minimum Gasteiger partial charge on any atom is -0.309 e. The van der Waals surface area contributed by atoms with Crippen molar-refractivity contribution in [1.29, 1.82) is 0 Å². The Morgan fingerprint density at radius 1 is 0.212 bits per heavy atom. The summed E-state index contributed by atoms with van der Waals surface area (Å²) in [5.41, 5.74) is 31.7. The predicted octanol–water partition coefficient (Wildman–Crippen LogP) is 32.8. The second-order valence-corrected chi connectivity index (χ2v) is 38.7. The highest BCUT2D eigenvalue weighted by Gasteiger charge is 2.40. The standard InChI is InChI=1S/C48H32N4S.C43H31N3.C34H21N3S/c1-48(2)39-26-31(32-20-13-21-36-35-19-10-12-23-43(35)53-44(32)36)24-25-33(39)37-28-42-38(27-40(37)48)34-18-9-11-22-41(34)52(42)47-50-45(29-14-5-3-6-15-29)49-46(51-47)30-16-7-4-8-17-30;1-43(2)36-19-11-9-17-32(36)34-25-26-35-33-18-10-12-20-39(33)46(41(35)40(34)43)31-23-21-30(22-24-31)42-44-37(28-13-5-3-6-14-28)27-38(45-42)29-15-7-4-8-16-29;1-3-11-22(12-4-1)27-21-28(23-13-5-2-6-14-23)36-34(35-27)37-29-17-9-7-16-26(29)32-30(37)20-19-25-24-15-8-10-18-31(24)38-33(25)32/h3-28H,1-2H3;3-27H,1-2H3;1-21H. The molecule has 0 bridgehead atoms. The van der Waals surface area contributed by atoms with Gasteiger partial charge in [0.1, 0.15) is 0 Å². The van der Waals surface area contributed by atoms with Crippen LogP contribution in [0.2, 0.25) is 0 Å². The lowest BCUT2D eigenvalue weighted by atomic mass is 9.81. The fraction of sp³-hybridized carbons (Fsp3) is 0.0480. The maximum absolute atomic E-state index is 5.17. The number of nitrogens with zero attached hydrogens (tertiary/aromatic N) is 10. The third-order valence-electron chi connectivity index (χ3n) is 27.9. The first-order valence-electron chi connectivity index (χ1n) is 46.6. The Labute approximate surface area is 798 Å². The van der Waals surface area contributed by atoms with Gasteiger partial charge in [-0.05, 0) is 147 Å². The van der Waals surface area contributed by atoms with Crippen molar-refractivity contribution in [3.8, 4) is 130 Å². The van der Waals surface area contributed by atoms with Gasteiger partial charge >= 0.3 is 0 Å². The van der Waals surface area contributed by atoms with E-state index in [4.69, 9.17) is 34.9 Å². The van der Waals surface area contributed by atoms with E-state index in [1.54, 1.807) is 0 Å². The van der Waals surface area contributed by atoms with Crippen LogP contribution in [0.5, 0.6) is 0 Å². The van der Waals surface area contributed by atoms with Crippen molar-refractivity contribution in [2.45, 2.75) is 38.5 Å². The number of aromatic nitrogens is 10. The van der Waals surface area contributed by atoms with Crippen LogP contribution in [0.15, 0.2) is 437 Å². The molecular weight excluding hydrogens is 1710 g/mol. The van der Waals surface area contributed by atoms with Crippen LogP contribution in [0.4, 0.5) is 0 Å². The molecule has 0 radical (unpaired) electrons. The fourth-order valence-electron chi connectivity index (χ4n) is 21.4. The van der Waals surface area contributed by atoms with E-state index in [2.05, 4.69) is 418 Å². The molecule has 2 aliphatic rings. The minimum atomic E-state index is -0.194. The Hall–Kier alpha value is -17.0. The van der Waals surface area contributed by atoms with E-state index in [0.717, 1.165) is 89.5 Å². The Morgan fingerprint density at radius 2 is 0.613 bits per heavy atom. The number of fused-ring (bicyclic) bond motifs is 23. The summed E-state index contributed by atoms with van der Waals surface area (Å²) in [6, 6.07) is 155. The summed E-state index contributed by atoms with van der Waals surface area (Å²) < 4.78 is 12.2. The van der Waals surface area contributed by atoms with Crippen LogP contribution in [-0.2, 0) is 10.8 Å². The third kappa shape index (κ3) is 13.4. The lowest BCUT2D eigenvalue weighted by Gasteiger charge is -2.23. The van der Waals surface area contributed by atoms with Gasteiger partial charge in [-0.15, -0.1) is 22.7 Å². The number of para-hydroxylation sites is 3. The number of benzene rings is 18. The van der Waals surface area contributed by atoms with Crippen molar-refractivity contribution in [2.24, 2.45) is 0 Å². The lowest BCUT2D eigenvalue weighted by Crippen LogP contribution is -2.16. The smallest absolute Gasteiger partial charge is 0.238 e. The third-order valence-corrected chi connectivity index (χ3v) is 30.3. The average molecular weight is 1790 g/mol. The number of hydrogen-bond donors (Lipinski definition) is 0. The molecule has 12 heteroatoms. The molecule has 137 heavy (non-hydrogen) atoms. The van der Waals surface area contributed by atoms with Gasteiger partial charge in [0, 0.05) is 128 Å². The van der Waals surface area contributed by atoms with Crippen LogP contribution >= 0.6 is 22.7 Å². The number of thiophene rings is 2. The molecule has 0 saturated heterocycles. The van der Waals surface area contributed by atoms with Crippen molar-refractivity contribution >= 4 is 128 Å². The van der Waals surface area contributed by atoms with Crippen molar-refractivity contribution in [2.75, 3.05) is 0 Å². The lowest BCUT2D eigenvalue weighted by molar-refractivity contribution is 0.661. The minimum absolute atomic E-state index is 0.128. The molecule has 0 saturated carbocycles. The van der Waals surface area contributed by atoms with Gasteiger partial charge < -0.3 is 4.57 Å². The second-order valence-electron chi connectivity index (χ2n) is 36.6. The summed E-state index contributed by atoms with van der Waals surface area (Å²) >= 11 is 3.75. The molecule has 8 aromatic heterocycles. The number of hydrogen-bond acceptors (Lipinski definition) is 9. The van der Waals surface area contributed by atoms with Crippen LogP contribution in [0.1, 0.15) is 49.9 Å².